The summed E-state index contributed by atoms with van der Waals surface area (Å²) in [4.78, 5) is 22.1. The molecular weight excluding hydrogens is 284 g/mol. The molecule has 118 valence electrons. The van der Waals surface area contributed by atoms with E-state index in [9.17, 15) is 27.2 Å². The molecule has 0 radical (unpaired) electrons. The van der Waals surface area contributed by atoms with Crippen molar-refractivity contribution >= 4 is 11.9 Å². The maximum atomic E-state index is 13.0. The SMILES string of the molecule is CCC(C)C(=O)OCCOC(=O)C(F)(F)CC(C)(F)F. The topological polar surface area (TPSA) is 52.6 Å². The van der Waals surface area contributed by atoms with Crippen LogP contribution in [0.4, 0.5) is 17.6 Å². The summed E-state index contributed by atoms with van der Waals surface area (Å²) in [6.07, 6.45) is -1.38. The molecule has 0 aliphatic heterocycles. The highest BCUT2D eigenvalue weighted by atomic mass is 19.3. The van der Waals surface area contributed by atoms with Gasteiger partial charge in [-0.05, 0) is 13.3 Å². The molecule has 0 bridgehead atoms. The molecule has 4 nitrogen and oxygen atoms in total. The summed E-state index contributed by atoms with van der Waals surface area (Å²) in [7, 11) is 0. The molecule has 0 saturated carbocycles. The molecule has 0 amide bonds. The molecule has 20 heavy (non-hydrogen) atoms. The van der Waals surface area contributed by atoms with E-state index in [0.29, 0.717) is 6.42 Å². The molecule has 0 aromatic heterocycles. The maximum Gasteiger partial charge on any atom is 0.377 e. The second-order valence-electron chi connectivity index (χ2n) is 4.56. The van der Waals surface area contributed by atoms with Crippen LogP contribution in [0.5, 0.6) is 0 Å². The molecule has 0 saturated heterocycles. The average Bonchev–Trinajstić information content (AvgIpc) is 2.29. The molecule has 0 fully saturated rings. The van der Waals surface area contributed by atoms with Gasteiger partial charge in [-0.3, -0.25) is 4.79 Å². The maximum absolute atomic E-state index is 13.0. The molecule has 0 N–H and O–H groups in total. The number of carbonyl (C=O) groups excluding carboxylic acids is 2. The minimum absolute atomic E-state index is 0.280. The normalized spacial score (nSPS) is 13.8. The lowest BCUT2D eigenvalue weighted by atomic mass is 10.1. The van der Waals surface area contributed by atoms with Crippen LogP contribution in [0.15, 0.2) is 0 Å². The van der Waals surface area contributed by atoms with Crippen molar-refractivity contribution in [3.8, 4) is 0 Å². The van der Waals surface area contributed by atoms with E-state index in [-0.39, 0.29) is 12.8 Å². The van der Waals surface area contributed by atoms with Crippen molar-refractivity contribution in [3.05, 3.63) is 0 Å². The first-order chi connectivity index (χ1) is 8.99. The Morgan fingerprint density at radius 1 is 1.10 bits per heavy atom. The smallest absolute Gasteiger partial charge is 0.377 e. The molecule has 0 spiro atoms. The van der Waals surface area contributed by atoms with Crippen molar-refractivity contribution in [1.29, 1.82) is 0 Å². The van der Waals surface area contributed by atoms with Gasteiger partial charge in [0.25, 0.3) is 5.92 Å². The van der Waals surface area contributed by atoms with Gasteiger partial charge < -0.3 is 9.47 Å². The Labute approximate surface area is 114 Å². The average molecular weight is 302 g/mol. The molecule has 1 atom stereocenters. The summed E-state index contributed by atoms with van der Waals surface area (Å²) in [6.45, 7) is 2.66. The lowest BCUT2D eigenvalue weighted by Gasteiger charge is -2.18. The number of halogens is 4. The second kappa shape index (κ2) is 7.44. The van der Waals surface area contributed by atoms with Crippen LogP contribution >= 0.6 is 0 Å². The quantitative estimate of drug-likeness (QED) is 0.393. The number of esters is 2. The van der Waals surface area contributed by atoms with Crippen molar-refractivity contribution in [2.75, 3.05) is 13.2 Å². The van der Waals surface area contributed by atoms with Crippen molar-refractivity contribution in [2.24, 2.45) is 5.92 Å². The Balaban J connectivity index is 4.08. The van der Waals surface area contributed by atoms with Gasteiger partial charge in [-0.15, -0.1) is 0 Å². The minimum atomic E-state index is -4.28. The summed E-state index contributed by atoms with van der Waals surface area (Å²) < 4.78 is 59.7. The Morgan fingerprint density at radius 3 is 2.05 bits per heavy atom. The largest absolute Gasteiger partial charge is 0.462 e. The predicted octanol–water partition coefficient (Wildman–Crippen LogP) is 2.80. The third-order valence-electron chi connectivity index (χ3n) is 2.41. The zero-order chi connectivity index (χ0) is 16.0. The van der Waals surface area contributed by atoms with E-state index < -0.39 is 43.4 Å². The van der Waals surface area contributed by atoms with Crippen LogP contribution < -0.4 is 0 Å². The highest BCUT2D eigenvalue weighted by molar-refractivity contribution is 5.77. The number of rotatable bonds is 8. The van der Waals surface area contributed by atoms with Gasteiger partial charge in [0.1, 0.15) is 13.2 Å². The number of hydrogen-bond donors (Lipinski definition) is 0. The van der Waals surface area contributed by atoms with Crippen LogP contribution in [0.1, 0.15) is 33.6 Å². The minimum Gasteiger partial charge on any atom is -0.462 e. The third kappa shape index (κ3) is 7.30. The van der Waals surface area contributed by atoms with Gasteiger partial charge in [-0.25, -0.2) is 13.6 Å². The molecule has 0 rings (SSSR count). The second-order valence-corrected chi connectivity index (χ2v) is 4.56. The zero-order valence-corrected chi connectivity index (χ0v) is 11.6. The Kier molecular flexibility index (Phi) is 6.95. The summed E-state index contributed by atoms with van der Waals surface area (Å²) in [5, 5.41) is 0. The van der Waals surface area contributed by atoms with E-state index in [2.05, 4.69) is 9.47 Å². The van der Waals surface area contributed by atoms with Gasteiger partial charge in [-0.1, -0.05) is 13.8 Å². The Bertz CT molecular complexity index is 339. The lowest BCUT2D eigenvalue weighted by molar-refractivity contribution is -0.185. The van der Waals surface area contributed by atoms with Crippen molar-refractivity contribution in [1.82, 2.24) is 0 Å². The molecular formula is C12H18F4O4. The van der Waals surface area contributed by atoms with E-state index in [1.165, 1.54) is 0 Å². The van der Waals surface area contributed by atoms with Gasteiger partial charge in [0.2, 0.25) is 0 Å². The first kappa shape index (κ1) is 18.7. The number of hydrogen-bond acceptors (Lipinski definition) is 4. The molecule has 0 aliphatic rings. The monoisotopic (exact) mass is 302 g/mol. The fourth-order valence-electron chi connectivity index (χ4n) is 1.15. The van der Waals surface area contributed by atoms with Gasteiger partial charge >= 0.3 is 17.9 Å². The van der Waals surface area contributed by atoms with Crippen molar-refractivity contribution in [3.63, 3.8) is 0 Å². The molecule has 8 heteroatoms. The van der Waals surface area contributed by atoms with Crippen LogP contribution in [0.2, 0.25) is 0 Å². The Hall–Kier alpha value is -1.34. The molecule has 0 aliphatic carbocycles. The highest BCUT2D eigenvalue weighted by Gasteiger charge is 2.47. The third-order valence-corrected chi connectivity index (χ3v) is 2.41. The van der Waals surface area contributed by atoms with Crippen LogP contribution in [-0.4, -0.2) is 37.0 Å². The van der Waals surface area contributed by atoms with Crippen LogP contribution in [0.25, 0.3) is 0 Å². The Morgan fingerprint density at radius 2 is 1.60 bits per heavy atom. The molecule has 0 aromatic rings. The van der Waals surface area contributed by atoms with Gasteiger partial charge in [0.15, 0.2) is 0 Å². The van der Waals surface area contributed by atoms with E-state index >= 15 is 0 Å². The van der Waals surface area contributed by atoms with Crippen molar-refractivity contribution < 1.29 is 36.6 Å². The highest BCUT2D eigenvalue weighted by Crippen LogP contribution is 2.30. The summed E-state index contributed by atoms with van der Waals surface area (Å²) in [5.41, 5.74) is 0. The first-order valence-corrected chi connectivity index (χ1v) is 6.09. The molecule has 0 heterocycles. The lowest BCUT2D eigenvalue weighted by Crippen LogP contribution is -2.37. The fraction of sp³-hybridized carbons (Fsp3) is 0.833. The van der Waals surface area contributed by atoms with E-state index in [1.54, 1.807) is 13.8 Å². The standard InChI is InChI=1S/C12H18F4O4/c1-4-8(2)9(17)19-5-6-20-10(18)12(15,16)7-11(3,13)14/h8H,4-7H2,1-3H3. The fourth-order valence-corrected chi connectivity index (χ4v) is 1.15. The van der Waals surface area contributed by atoms with Crippen LogP contribution in [0.3, 0.4) is 0 Å². The van der Waals surface area contributed by atoms with Crippen molar-refractivity contribution in [2.45, 2.75) is 45.5 Å². The predicted molar refractivity (Wildman–Crippen MR) is 61.6 cm³/mol. The summed E-state index contributed by atoms with van der Waals surface area (Å²) >= 11 is 0. The van der Waals surface area contributed by atoms with E-state index in [1.807, 2.05) is 0 Å². The molecule has 1 unspecified atom stereocenters. The zero-order valence-electron chi connectivity index (χ0n) is 11.6. The van der Waals surface area contributed by atoms with Crippen LogP contribution in [-0.2, 0) is 19.1 Å². The van der Waals surface area contributed by atoms with Crippen LogP contribution in [0, 0.1) is 5.92 Å². The van der Waals surface area contributed by atoms with Gasteiger partial charge in [-0.2, -0.15) is 8.78 Å². The number of carbonyl (C=O) groups is 2. The number of alkyl halides is 4. The van der Waals surface area contributed by atoms with E-state index in [4.69, 9.17) is 0 Å². The van der Waals surface area contributed by atoms with Gasteiger partial charge in [0.05, 0.1) is 12.3 Å². The first-order valence-electron chi connectivity index (χ1n) is 6.09. The van der Waals surface area contributed by atoms with Gasteiger partial charge in [0, 0.05) is 0 Å². The molecule has 0 aromatic carbocycles. The summed E-state index contributed by atoms with van der Waals surface area (Å²) in [6, 6.07) is 0. The number of ether oxygens (including phenoxy) is 2. The summed E-state index contributed by atoms with van der Waals surface area (Å²) in [5.74, 6) is -10.9. The van der Waals surface area contributed by atoms with E-state index in [0.717, 1.165) is 0 Å².